The molecule has 5 aromatic rings. The number of rotatable bonds is 3. The number of fused-ring (bicyclic) bond motifs is 3. The van der Waals surface area contributed by atoms with E-state index in [9.17, 15) is 14.0 Å². The highest BCUT2D eigenvalue weighted by atomic mass is 32.1. The zero-order valence-electron chi connectivity index (χ0n) is 17.5. The van der Waals surface area contributed by atoms with E-state index in [1.807, 2.05) is 42.5 Å². The number of aromatic nitrogens is 1. The Balaban J connectivity index is 1.62. The van der Waals surface area contributed by atoms with Crippen molar-refractivity contribution < 1.29 is 13.6 Å². The number of anilines is 1. The largest absolute Gasteiger partial charge is 0.450 e. The van der Waals surface area contributed by atoms with E-state index in [2.05, 4.69) is 13.0 Å². The second-order valence-electron chi connectivity index (χ2n) is 7.95. The minimum absolute atomic E-state index is 0.0264. The Morgan fingerprint density at radius 2 is 1.88 bits per heavy atom. The molecule has 0 aliphatic carbocycles. The molecule has 1 aliphatic heterocycles. The molecule has 3 heterocycles. The minimum Gasteiger partial charge on any atom is -0.450 e. The van der Waals surface area contributed by atoms with E-state index in [0.717, 1.165) is 28.3 Å². The van der Waals surface area contributed by atoms with Crippen molar-refractivity contribution >= 4 is 43.6 Å². The summed E-state index contributed by atoms with van der Waals surface area (Å²) in [5, 5.41) is 0.597. The number of nitrogens with zero attached hydrogens (tertiary/aromatic N) is 2. The Bertz CT molecular complexity index is 1620. The smallest absolute Gasteiger partial charge is 0.297 e. The van der Waals surface area contributed by atoms with Crippen LogP contribution in [0.5, 0.6) is 0 Å². The number of carbonyl (C=O) groups excluding carboxylic acids is 1. The summed E-state index contributed by atoms with van der Waals surface area (Å²) in [7, 11) is 0. The Morgan fingerprint density at radius 3 is 2.67 bits per heavy atom. The van der Waals surface area contributed by atoms with Crippen LogP contribution >= 0.6 is 11.3 Å². The van der Waals surface area contributed by atoms with Crippen LogP contribution in [0.1, 0.15) is 40.2 Å². The van der Waals surface area contributed by atoms with Crippen molar-refractivity contribution in [1.82, 2.24) is 4.98 Å². The molecule has 6 rings (SSSR count). The van der Waals surface area contributed by atoms with Crippen LogP contribution in [0, 0.1) is 5.82 Å². The second kappa shape index (κ2) is 7.35. The fourth-order valence-electron chi connectivity index (χ4n) is 4.37. The molecular formula is C26H17FN2O3S. The molecule has 7 heteroatoms. The van der Waals surface area contributed by atoms with Crippen LogP contribution in [-0.4, -0.2) is 10.9 Å². The molecule has 0 N–H and O–H groups in total. The molecule has 3 aromatic carbocycles. The van der Waals surface area contributed by atoms with Gasteiger partial charge in [0.1, 0.15) is 11.4 Å². The first kappa shape index (κ1) is 19.8. The van der Waals surface area contributed by atoms with Gasteiger partial charge >= 0.3 is 0 Å². The van der Waals surface area contributed by atoms with Gasteiger partial charge < -0.3 is 4.42 Å². The molecule has 33 heavy (non-hydrogen) atoms. The van der Waals surface area contributed by atoms with E-state index in [1.165, 1.54) is 33.9 Å². The third kappa shape index (κ3) is 3.00. The molecule has 1 atom stereocenters. The van der Waals surface area contributed by atoms with Crippen molar-refractivity contribution in [3.05, 3.63) is 105 Å². The van der Waals surface area contributed by atoms with Gasteiger partial charge in [-0.2, -0.15) is 0 Å². The molecule has 0 fully saturated rings. The molecule has 1 amide bonds. The maximum absolute atomic E-state index is 13.9. The number of aryl methyl sites for hydroxylation is 1. The summed E-state index contributed by atoms with van der Waals surface area (Å²) >= 11 is 1.40. The first-order chi connectivity index (χ1) is 16.0. The fourth-order valence-corrected chi connectivity index (χ4v) is 5.43. The van der Waals surface area contributed by atoms with Gasteiger partial charge in [0.05, 0.1) is 27.2 Å². The van der Waals surface area contributed by atoms with Crippen molar-refractivity contribution in [2.75, 3.05) is 4.90 Å². The number of thiazole rings is 1. The molecule has 0 saturated heterocycles. The van der Waals surface area contributed by atoms with E-state index < -0.39 is 23.2 Å². The molecule has 162 valence electrons. The number of hydrogen-bond donors (Lipinski definition) is 0. The van der Waals surface area contributed by atoms with Crippen molar-refractivity contribution in [2.45, 2.75) is 19.4 Å². The van der Waals surface area contributed by atoms with Crippen molar-refractivity contribution in [2.24, 2.45) is 0 Å². The topological polar surface area (TPSA) is 63.4 Å². The van der Waals surface area contributed by atoms with Crippen molar-refractivity contribution in [1.29, 1.82) is 0 Å². The molecule has 2 aromatic heterocycles. The van der Waals surface area contributed by atoms with E-state index in [1.54, 1.807) is 0 Å². The van der Waals surface area contributed by atoms with Gasteiger partial charge in [0.2, 0.25) is 5.76 Å². The van der Waals surface area contributed by atoms with Gasteiger partial charge in [-0.05, 0) is 47.9 Å². The first-order valence-corrected chi connectivity index (χ1v) is 11.4. The normalized spacial score (nSPS) is 15.5. The highest BCUT2D eigenvalue weighted by Crippen LogP contribution is 2.43. The first-order valence-electron chi connectivity index (χ1n) is 10.6. The van der Waals surface area contributed by atoms with Gasteiger partial charge in [0, 0.05) is 0 Å². The van der Waals surface area contributed by atoms with Crippen LogP contribution in [0.4, 0.5) is 9.52 Å². The average molecular weight is 456 g/mol. The zero-order valence-corrected chi connectivity index (χ0v) is 18.4. The summed E-state index contributed by atoms with van der Waals surface area (Å²) in [4.78, 5) is 33.4. The van der Waals surface area contributed by atoms with Crippen LogP contribution in [-0.2, 0) is 6.42 Å². The number of hydrogen-bond acceptors (Lipinski definition) is 5. The van der Waals surface area contributed by atoms with E-state index in [0.29, 0.717) is 5.13 Å². The van der Waals surface area contributed by atoms with Crippen LogP contribution in [0.25, 0.3) is 21.2 Å². The van der Waals surface area contributed by atoms with E-state index in [-0.39, 0.29) is 22.3 Å². The highest BCUT2D eigenvalue weighted by molar-refractivity contribution is 7.22. The minimum atomic E-state index is -0.719. The molecule has 0 saturated carbocycles. The molecule has 0 unspecified atom stereocenters. The zero-order chi connectivity index (χ0) is 22.7. The van der Waals surface area contributed by atoms with Crippen LogP contribution in [0.3, 0.4) is 0 Å². The monoisotopic (exact) mass is 456 g/mol. The average Bonchev–Trinajstić information content (AvgIpc) is 3.38. The van der Waals surface area contributed by atoms with E-state index in [4.69, 9.17) is 9.40 Å². The second-order valence-corrected chi connectivity index (χ2v) is 8.96. The highest BCUT2D eigenvalue weighted by Gasteiger charge is 2.45. The third-order valence-corrected chi connectivity index (χ3v) is 7.02. The lowest BCUT2D eigenvalue weighted by molar-refractivity contribution is 0.0971. The van der Waals surface area contributed by atoms with Crippen molar-refractivity contribution in [3.8, 4) is 0 Å². The standard InChI is InChI=1S/C26H17FN2O3S/c1-2-14-8-10-18-20(12-14)33-26(28-18)29-22(15-6-4-3-5-7-15)21-23(30)17-13-16(27)9-11-19(17)32-24(21)25(29)31/h3-13,22H,2H2,1H3/t22-/m0/s1. The number of halogens is 1. The Hall–Kier alpha value is -3.84. The molecule has 5 nitrogen and oxygen atoms in total. The summed E-state index contributed by atoms with van der Waals surface area (Å²) in [6.45, 7) is 2.08. The van der Waals surface area contributed by atoms with Gasteiger partial charge in [0.15, 0.2) is 10.6 Å². The van der Waals surface area contributed by atoms with Gasteiger partial charge in [-0.25, -0.2) is 9.37 Å². The Labute approximate surface area is 191 Å². The Kier molecular flexibility index (Phi) is 4.41. The van der Waals surface area contributed by atoms with Gasteiger partial charge in [-0.15, -0.1) is 0 Å². The maximum Gasteiger partial charge on any atom is 0.297 e. The lowest BCUT2D eigenvalue weighted by Gasteiger charge is -2.22. The molecular weight excluding hydrogens is 439 g/mol. The summed E-state index contributed by atoms with van der Waals surface area (Å²) < 4.78 is 20.8. The summed E-state index contributed by atoms with van der Waals surface area (Å²) in [5.74, 6) is -0.997. The van der Waals surface area contributed by atoms with Gasteiger partial charge in [-0.3, -0.25) is 14.5 Å². The lowest BCUT2D eigenvalue weighted by Crippen LogP contribution is -2.29. The summed E-state index contributed by atoms with van der Waals surface area (Å²) in [6.07, 6.45) is 0.894. The fraction of sp³-hybridized carbons (Fsp3) is 0.115. The Morgan fingerprint density at radius 1 is 1.06 bits per heavy atom. The molecule has 1 aliphatic rings. The number of carbonyl (C=O) groups is 1. The van der Waals surface area contributed by atoms with Gasteiger partial charge in [0.25, 0.3) is 5.91 Å². The quantitative estimate of drug-likeness (QED) is 0.341. The van der Waals surface area contributed by atoms with Gasteiger partial charge in [-0.1, -0.05) is 54.7 Å². The van der Waals surface area contributed by atoms with Crippen LogP contribution in [0.15, 0.2) is 75.9 Å². The lowest BCUT2D eigenvalue weighted by atomic mass is 9.99. The van der Waals surface area contributed by atoms with Crippen LogP contribution in [0.2, 0.25) is 0 Å². The summed E-state index contributed by atoms with van der Waals surface area (Å²) in [5.41, 5.74) is 2.69. The summed E-state index contributed by atoms with van der Waals surface area (Å²) in [6, 6.07) is 18.4. The predicted octanol–water partition coefficient (Wildman–Crippen LogP) is 5.85. The third-order valence-electron chi connectivity index (χ3n) is 6.00. The molecule has 0 bridgehead atoms. The molecule has 0 radical (unpaired) electrons. The molecule has 0 spiro atoms. The van der Waals surface area contributed by atoms with E-state index >= 15 is 0 Å². The predicted molar refractivity (Wildman–Crippen MR) is 127 cm³/mol. The van der Waals surface area contributed by atoms with Crippen molar-refractivity contribution in [3.63, 3.8) is 0 Å². The van der Waals surface area contributed by atoms with Crippen LogP contribution < -0.4 is 10.3 Å². The number of benzene rings is 3. The number of amides is 1. The maximum atomic E-state index is 13.9. The SMILES string of the molecule is CCc1ccc2nc(N3C(=O)c4oc5ccc(F)cc5c(=O)c4[C@@H]3c3ccccc3)sc2c1.